The molecule has 0 aliphatic rings. The number of hydrogen-bond donors (Lipinski definition) is 0. The molecule has 4 rings (SSSR count). The fourth-order valence-corrected chi connectivity index (χ4v) is 3.93. The van der Waals surface area contributed by atoms with Gasteiger partial charge >= 0.3 is 5.56 Å². The third-order valence-electron chi connectivity index (χ3n) is 4.16. The molecule has 0 N–H and O–H groups in total. The van der Waals surface area contributed by atoms with Crippen LogP contribution < -0.4 is 5.56 Å². The van der Waals surface area contributed by atoms with Gasteiger partial charge in [0.1, 0.15) is 5.01 Å². The molecule has 2 aromatic heterocycles. The number of nitrogens with zero attached hydrogens (tertiary/aromatic N) is 4. The predicted octanol–water partition coefficient (Wildman–Crippen LogP) is 3.75. The van der Waals surface area contributed by atoms with E-state index in [1.54, 1.807) is 0 Å². The van der Waals surface area contributed by atoms with Crippen molar-refractivity contribution in [1.29, 1.82) is 0 Å². The Morgan fingerprint density at radius 2 is 1.68 bits per heavy atom. The van der Waals surface area contributed by atoms with Gasteiger partial charge in [-0.2, -0.15) is 9.61 Å². The van der Waals surface area contributed by atoms with Crippen LogP contribution in [-0.2, 0) is 0 Å². The maximum atomic E-state index is 12.8. The van der Waals surface area contributed by atoms with Crippen LogP contribution in [0.3, 0.4) is 0 Å². The standard InChI is InChI=1S/C19H16N4OS/c1-2-15(13-9-5-3-6-10-13)17-22-23-18(24)16(20-21-19(23)25-17)14-11-7-4-8-12-14/h3-12,15H,2H2,1H3. The molecule has 0 amide bonds. The monoisotopic (exact) mass is 348 g/mol. The molecule has 2 aromatic carbocycles. The lowest BCUT2D eigenvalue weighted by Gasteiger charge is -2.10. The Balaban J connectivity index is 1.83. The van der Waals surface area contributed by atoms with Crippen molar-refractivity contribution in [3.8, 4) is 11.3 Å². The molecule has 0 saturated carbocycles. The highest BCUT2D eigenvalue weighted by molar-refractivity contribution is 7.16. The Morgan fingerprint density at radius 3 is 2.36 bits per heavy atom. The van der Waals surface area contributed by atoms with Gasteiger partial charge in [0.2, 0.25) is 4.96 Å². The fourth-order valence-electron chi connectivity index (χ4n) is 2.89. The SMILES string of the molecule is CCC(c1ccccc1)c1nn2c(=O)c(-c3ccccc3)nnc2s1. The Morgan fingerprint density at radius 1 is 1.00 bits per heavy atom. The number of benzene rings is 2. The molecule has 2 heterocycles. The molecule has 4 aromatic rings. The topological polar surface area (TPSA) is 60.2 Å². The lowest BCUT2D eigenvalue weighted by atomic mass is 9.97. The molecule has 0 saturated heterocycles. The van der Waals surface area contributed by atoms with Crippen LogP contribution >= 0.6 is 11.3 Å². The van der Waals surface area contributed by atoms with E-state index in [1.165, 1.54) is 21.4 Å². The largest absolute Gasteiger partial charge is 0.302 e. The van der Waals surface area contributed by atoms with E-state index in [0.29, 0.717) is 10.7 Å². The molecule has 0 bridgehead atoms. The van der Waals surface area contributed by atoms with E-state index in [0.717, 1.165) is 17.0 Å². The van der Waals surface area contributed by atoms with Gasteiger partial charge < -0.3 is 0 Å². The highest BCUT2D eigenvalue weighted by Crippen LogP contribution is 2.30. The molecule has 0 spiro atoms. The predicted molar refractivity (Wildman–Crippen MR) is 98.9 cm³/mol. The Kier molecular flexibility index (Phi) is 4.11. The second-order valence-electron chi connectivity index (χ2n) is 5.73. The summed E-state index contributed by atoms with van der Waals surface area (Å²) >= 11 is 1.42. The quantitative estimate of drug-likeness (QED) is 0.563. The zero-order valence-corrected chi connectivity index (χ0v) is 14.5. The first-order valence-corrected chi connectivity index (χ1v) is 8.96. The van der Waals surface area contributed by atoms with Crippen molar-refractivity contribution >= 4 is 16.3 Å². The first-order valence-electron chi connectivity index (χ1n) is 8.14. The van der Waals surface area contributed by atoms with Crippen LogP contribution in [0.4, 0.5) is 0 Å². The summed E-state index contributed by atoms with van der Waals surface area (Å²) in [4.78, 5) is 13.3. The second kappa shape index (κ2) is 6.57. The molecule has 25 heavy (non-hydrogen) atoms. The normalized spacial score (nSPS) is 12.4. The van der Waals surface area contributed by atoms with Crippen molar-refractivity contribution in [2.24, 2.45) is 0 Å². The summed E-state index contributed by atoms with van der Waals surface area (Å²) in [6.45, 7) is 2.12. The molecule has 124 valence electrons. The summed E-state index contributed by atoms with van der Waals surface area (Å²) in [6.07, 6.45) is 0.900. The van der Waals surface area contributed by atoms with Crippen molar-refractivity contribution in [2.45, 2.75) is 19.3 Å². The van der Waals surface area contributed by atoms with Gasteiger partial charge in [-0.1, -0.05) is 78.9 Å². The van der Waals surface area contributed by atoms with Gasteiger partial charge in [-0.05, 0) is 12.0 Å². The van der Waals surface area contributed by atoms with Crippen molar-refractivity contribution in [2.75, 3.05) is 0 Å². The van der Waals surface area contributed by atoms with E-state index in [9.17, 15) is 4.79 Å². The van der Waals surface area contributed by atoms with Crippen LogP contribution in [-0.4, -0.2) is 19.8 Å². The smallest absolute Gasteiger partial charge is 0.265 e. The highest BCUT2D eigenvalue weighted by Gasteiger charge is 2.19. The molecule has 0 aliphatic heterocycles. The van der Waals surface area contributed by atoms with E-state index in [2.05, 4.69) is 34.4 Å². The number of aromatic nitrogens is 4. The zero-order chi connectivity index (χ0) is 17.2. The Bertz CT molecular complexity index is 1060. The van der Waals surface area contributed by atoms with Crippen LogP contribution in [0.2, 0.25) is 0 Å². The van der Waals surface area contributed by atoms with E-state index >= 15 is 0 Å². The summed E-state index contributed by atoms with van der Waals surface area (Å²) in [6, 6.07) is 19.6. The van der Waals surface area contributed by atoms with E-state index in [1.807, 2.05) is 48.5 Å². The molecule has 1 atom stereocenters. The third kappa shape index (κ3) is 2.85. The van der Waals surface area contributed by atoms with E-state index in [-0.39, 0.29) is 11.5 Å². The van der Waals surface area contributed by atoms with Crippen LogP contribution in [0.15, 0.2) is 65.5 Å². The van der Waals surface area contributed by atoms with Gasteiger partial charge in [-0.3, -0.25) is 4.79 Å². The molecule has 5 nitrogen and oxygen atoms in total. The maximum absolute atomic E-state index is 12.8. The van der Waals surface area contributed by atoms with Crippen molar-refractivity contribution < 1.29 is 0 Å². The first kappa shape index (κ1) is 15.7. The summed E-state index contributed by atoms with van der Waals surface area (Å²) < 4.78 is 1.38. The Labute approximate surface area is 148 Å². The minimum Gasteiger partial charge on any atom is -0.265 e. The highest BCUT2D eigenvalue weighted by atomic mass is 32.1. The minimum atomic E-state index is -0.235. The van der Waals surface area contributed by atoms with Gasteiger partial charge in [0.25, 0.3) is 0 Å². The molecule has 0 aliphatic carbocycles. The zero-order valence-electron chi connectivity index (χ0n) is 13.7. The maximum Gasteiger partial charge on any atom is 0.302 e. The molecular formula is C19H16N4OS. The van der Waals surface area contributed by atoms with E-state index in [4.69, 9.17) is 0 Å². The Hall–Kier alpha value is -2.86. The van der Waals surface area contributed by atoms with Gasteiger partial charge in [0.05, 0.1) is 0 Å². The van der Waals surface area contributed by atoms with Crippen LogP contribution in [0.1, 0.15) is 29.8 Å². The fraction of sp³-hybridized carbons (Fsp3) is 0.158. The van der Waals surface area contributed by atoms with Gasteiger partial charge in [-0.25, -0.2) is 0 Å². The molecule has 1 unspecified atom stereocenters. The second-order valence-corrected chi connectivity index (χ2v) is 6.71. The average Bonchev–Trinajstić information content (AvgIpc) is 3.09. The van der Waals surface area contributed by atoms with Crippen molar-refractivity contribution in [3.05, 3.63) is 81.6 Å². The minimum absolute atomic E-state index is 0.146. The summed E-state index contributed by atoms with van der Waals surface area (Å²) in [5.74, 6) is 0.146. The van der Waals surface area contributed by atoms with Crippen molar-refractivity contribution in [1.82, 2.24) is 19.8 Å². The van der Waals surface area contributed by atoms with Gasteiger partial charge in [-0.15, -0.1) is 10.2 Å². The van der Waals surface area contributed by atoms with Crippen molar-refractivity contribution in [3.63, 3.8) is 0 Å². The van der Waals surface area contributed by atoms with Gasteiger partial charge in [0.15, 0.2) is 5.69 Å². The molecular weight excluding hydrogens is 332 g/mol. The number of rotatable bonds is 4. The average molecular weight is 348 g/mol. The lowest BCUT2D eigenvalue weighted by Crippen LogP contribution is -2.19. The number of hydrogen-bond acceptors (Lipinski definition) is 5. The molecule has 6 heteroatoms. The molecule has 0 radical (unpaired) electrons. The van der Waals surface area contributed by atoms with Gasteiger partial charge in [0, 0.05) is 11.5 Å². The summed E-state index contributed by atoms with van der Waals surface area (Å²) in [7, 11) is 0. The lowest BCUT2D eigenvalue weighted by molar-refractivity contribution is 0.732. The number of fused-ring (bicyclic) bond motifs is 1. The first-order chi connectivity index (χ1) is 12.3. The summed E-state index contributed by atoms with van der Waals surface area (Å²) in [5.41, 5.74) is 2.02. The van der Waals surface area contributed by atoms with Crippen LogP contribution in [0.25, 0.3) is 16.2 Å². The summed E-state index contributed by atoms with van der Waals surface area (Å²) in [5, 5.41) is 13.8. The van der Waals surface area contributed by atoms with Crippen LogP contribution in [0.5, 0.6) is 0 Å². The third-order valence-corrected chi connectivity index (χ3v) is 5.17. The van der Waals surface area contributed by atoms with Crippen LogP contribution in [0, 0.1) is 0 Å². The van der Waals surface area contributed by atoms with E-state index < -0.39 is 0 Å². The molecule has 0 fully saturated rings.